The summed E-state index contributed by atoms with van der Waals surface area (Å²) in [5, 5.41) is 19.9. The van der Waals surface area contributed by atoms with Crippen LogP contribution in [0.1, 0.15) is 17.4 Å². The first-order valence-electron chi connectivity index (χ1n) is 4.64. The average molecular weight is 242 g/mol. The molecule has 0 saturated carbocycles. The molecule has 0 aliphatic rings. The van der Waals surface area contributed by atoms with E-state index in [1.54, 1.807) is 0 Å². The van der Waals surface area contributed by atoms with Gasteiger partial charge >= 0.3 is 0 Å². The molecule has 0 fully saturated rings. The number of H-pyrrole nitrogens is 1. The van der Waals surface area contributed by atoms with Crippen LogP contribution in [0.5, 0.6) is 0 Å². The number of nitrogens with one attached hydrogen (secondary N) is 1. The second-order valence-corrected chi connectivity index (χ2v) is 3.76. The molecule has 6 heteroatoms. The molecule has 0 amide bonds. The molecule has 4 nitrogen and oxygen atoms in total. The summed E-state index contributed by atoms with van der Waals surface area (Å²) in [5.41, 5.74) is 0.942. The molecule has 1 atom stereocenters. The number of nitrogens with zero attached hydrogens (tertiary/aromatic N) is 2. The first-order chi connectivity index (χ1) is 7.66. The fourth-order valence-electron chi connectivity index (χ4n) is 1.38. The molecule has 0 aliphatic carbocycles. The number of aliphatic hydroxyl groups is 1. The summed E-state index contributed by atoms with van der Waals surface area (Å²) in [6.07, 6.45) is 0.763. The molecule has 1 heterocycles. The van der Waals surface area contributed by atoms with E-state index in [2.05, 4.69) is 15.4 Å². The number of aromatic amines is 1. The van der Waals surface area contributed by atoms with Crippen LogP contribution in [0, 0.1) is 5.82 Å². The maximum Gasteiger partial charge on any atom is 0.123 e. The molecule has 0 saturated heterocycles. The van der Waals surface area contributed by atoms with Crippen molar-refractivity contribution in [2.24, 2.45) is 0 Å². The number of hydrogen-bond donors (Lipinski definition) is 2. The zero-order valence-electron chi connectivity index (χ0n) is 8.19. The smallest absolute Gasteiger partial charge is 0.123 e. The molecule has 2 rings (SSSR count). The Hall–Kier alpha value is -1.46. The minimum absolute atomic E-state index is 0.198. The molecular weight excluding hydrogens is 233 g/mol. The van der Waals surface area contributed by atoms with Gasteiger partial charge in [0.2, 0.25) is 0 Å². The van der Waals surface area contributed by atoms with Crippen molar-refractivity contribution in [3.05, 3.63) is 46.5 Å². The number of aliphatic hydroxyl groups excluding tert-OH is 1. The molecule has 0 radical (unpaired) electrons. The van der Waals surface area contributed by atoms with E-state index in [4.69, 9.17) is 11.6 Å². The van der Waals surface area contributed by atoms with Gasteiger partial charge < -0.3 is 5.11 Å². The topological polar surface area (TPSA) is 61.8 Å². The lowest BCUT2D eigenvalue weighted by molar-refractivity contribution is 0.173. The van der Waals surface area contributed by atoms with Crippen molar-refractivity contribution < 1.29 is 9.50 Å². The zero-order valence-corrected chi connectivity index (χ0v) is 8.95. The number of aromatic nitrogens is 3. The monoisotopic (exact) mass is 241 g/mol. The van der Waals surface area contributed by atoms with Crippen molar-refractivity contribution in [1.82, 2.24) is 15.4 Å². The zero-order chi connectivity index (χ0) is 11.5. The van der Waals surface area contributed by atoms with Crippen LogP contribution >= 0.6 is 11.6 Å². The van der Waals surface area contributed by atoms with Gasteiger partial charge in [-0.1, -0.05) is 11.6 Å². The average Bonchev–Trinajstić information content (AvgIpc) is 2.76. The SMILES string of the molecule is OC(Cc1cc(F)ccc1Cl)c1cn[nH]n1. The van der Waals surface area contributed by atoms with Gasteiger partial charge in [-0.25, -0.2) is 4.39 Å². The molecule has 84 valence electrons. The first-order valence-corrected chi connectivity index (χ1v) is 5.02. The lowest BCUT2D eigenvalue weighted by Gasteiger charge is -2.08. The number of rotatable bonds is 3. The second kappa shape index (κ2) is 4.59. The molecule has 0 spiro atoms. The predicted octanol–water partition coefficient (Wildman–Crippen LogP) is 1.87. The van der Waals surface area contributed by atoms with Crippen molar-refractivity contribution in [2.45, 2.75) is 12.5 Å². The number of benzene rings is 1. The summed E-state index contributed by atoms with van der Waals surface area (Å²) in [6, 6.07) is 4.03. The predicted molar refractivity (Wildman–Crippen MR) is 56.5 cm³/mol. The Morgan fingerprint density at radius 3 is 3.00 bits per heavy atom. The molecule has 1 aromatic carbocycles. The Bertz CT molecular complexity index is 475. The van der Waals surface area contributed by atoms with Gasteiger partial charge in [0.15, 0.2) is 0 Å². The van der Waals surface area contributed by atoms with Gasteiger partial charge in [-0.3, -0.25) is 0 Å². The minimum atomic E-state index is -0.849. The summed E-state index contributed by atoms with van der Waals surface area (Å²) in [4.78, 5) is 0. The fourth-order valence-corrected chi connectivity index (χ4v) is 1.58. The minimum Gasteiger partial charge on any atom is -0.386 e. The summed E-state index contributed by atoms with van der Waals surface area (Å²) in [5.74, 6) is -0.383. The lowest BCUT2D eigenvalue weighted by atomic mass is 10.1. The third-order valence-corrected chi connectivity index (χ3v) is 2.56. The van der Waals surface area contributed by atoms with Crippen molar-refractivity contribution in [3.63, 3.8) is 0 Å². The van der Waals surface area contributed by atoms with Gasteiger partial charge in [0.05, 0.1) is 6.20 Å². The number of halogens is 2. The third kappa shape index (κ3) is 2.37. The molecule has 16 heavy (non-hydrogen) atoms. The maximum absolute atomic E-state index is 13.0. The van der Waals surface area contributed by atoms with Crippen LogP contribution in [-0.2, 0) is 6.42 Å². The van der Waals surface area contributed by atoms with E-state index in [9.17, 15) is 9.50 Å². The van der Waals surface area contributed by atoms with E-state index in [0.717, 1.165) is 0 Å². The van der Waals surface area contributed by atoms with E-state index in [0.29, 0.717) is 16.3 Å². The Morgan fingerprint density at radius 2 is 2.31 bits per heavy atom. The standard InChI is InChI=1S/C10H9ClFN3O/c11-8-2-1-7(12)3-6(8)4-10(16)9-5-13-15-14-9/h1-3,5,10,16H,4H2,(H,13,14,15). The van der Waals surface area contributed by atoms with Crippen LogP contribution < -0.4 is 0 Å². The molecule has 0 aliphatic heterocycles. The highest BCUT2D eigenvalue weighted by molar-refractivity contribution is 6.31. The summed E-state index contributed by atoms with van der Waals surface area (Å²) >= 11 is 5.88. The lowest BCUT2D eigenvalue weighted by Crippen LogP contribution is -2.03. The van der Waals surface area contributed by atoms with E-state index in [1.807, 2.05) is 0 Å². The summed E-state index contributed by atoms with van der Waals surface area (Å²) in [6.45, 7) is 0. The van der Waals surface area contributed by atoms with Gasteiger partial charge in [-0.05, 0) is 23.8 Å². The van der Waals surface area contributed by atoms with Gasteiger partial charge in [0, 0.05) is 11.4 Å². The highest BCUT2D eigenvalue weighted by atomic mass is 35.5. The third-order valence-electron chi connectivity index (χ3n) is 2.20. The summed E-state index contributed by atoms with van der Waals surface area (Å²) in [7, 11) is 0. The van der Waals surface area contributed by atoms with Gasteiger partial charge in [-0.2, -0.15) is 15.4 Å². The van der Waals surface area contributed by atoms with Gasteiger partial charge in [-0.15, -0.1) is 0 Å². The second-order valence-electron chi connectivity index (χ2n) is 3.35. The maximum atomic E-state index is 13.0. The Balaban J connectivity index is 2.17. The van der Waals surface area contributed by atoms with Crippen molar-refractivity contribution in [3.8, 4) is 0 Å². The molecule has 1 unspecified atom stereocenters. The molecule has 1 aromatic heterocycles. The van der Waals surface area contributed by atoms with Crippen molar-refractivity contribution >= 4 is 11.6 Å². The Labute approximate surface area is 96.1 Å². The number of hydrogen-bond acceptors (Lipinski definition) is 3. The van der Waals surface area contributed by atoms with Crippen LogP contribution in [0.3, 0.4) is 0 Å². The van der Waals surface area contributed by atoms with Gasteiger partial charge in [0.25, 0.3) is 0 Å². The molecule has 2 N–H and O–H groups in total. The fraction of sp³-hybridized carbons (Fsp3) is 0.200. The molecule has 2 aromatic rings. The van der Waals surface area contributed by atoms with Gasteiger partial charge in [0.1, 0.15) is 17.6 Å². The highest BCUT2D eigenvalue weighted by Gasteiger charge is 2.13. The van der Waals surface area contributed by atoms with Crippen molar-refractivity contribution in [2.75, 3.05) is 0 Å². The molecular formula is C10H9ClFN3O. The first kappa shape index (κ1) is 11.0. The van der Waals surface area contributed by atoms with E-state index < -0.39 is 6.10 Å². The van der Waals surface area contributed by atoms with E-state index in [1.165, 1.54) is 24.4 Å². The largest absolute Gasteiger partial charge is 0.386 e. The Morgan fingerprint density at radius 1 is 1.50 bits per heavy atom. The van der Waals surface area contributed by atoms with Crippen LogP contribution in [0.15, 0.2) is 24.4 Å². The van der Waals surface area contributed by atoms with Crippen LogP contribution in [-0.4, -0.2) is 20.5 Å². The van der Waals surface area contributed by atoms with Crippen LogP contribution in [0.25, 0.3) is 0 Å². The van der Waals surface area contributed by atoms with E-state index >= 15 is 0 Å². The Kier molecular flexibility index (Phi) is 3.17. The highest BCUT2D eigenvalue weighted by Crippen LogP contribution is 2.22. The van der Waals surface area contributed by atoms with Crippen molar-refractivity contribution in [1.29, 1.82) is 0 Å². The molecule has 0 bridgehead atoms. The van der Waals surface area contributed by atoms with Crippen LogP contribution in [0.4, 0.5) is 4.39 Å². The van der Waals surface area contributed by atoms with E-state index in [-0.39, 0.29) is 12.2 Å². The normalized spacial score (nSPS) is 12.7. The quantitative estimate of drug-likeness (QED) is 0.863. The van der Waals surface area contributed by atoms with Crippen LogP contribution in [0.2, 0.25) is 5.02 Å². The summed E-state index contributed by atoms with van der Waals surface area (Å²) < 4.78 is 13.0.